The number of benzene rings is 3. The van der Waals surface area contributed by atoms with Crippen LogP contribution in [0.15, 0.2) is 85.2 Å². The molecule has 6 nitrogen and oxygen atoms in total. The molecule has 0 aliphatic carbocycles. The first-order valence-electron chi connectivity index (χ1n) is 10.3. The van der Waals surface area contributed by atoms with Crippen molar-refractivity contribution in [1.29, 1.82) is 0 Å². The van der Waals surface area contributed by atoms with Gasteiger partial charge in [0.05, 0.1) is 29.5 Å². The Kier molecular flexibility index (Phi) is 3.96. The molecule has 0 bridgehead atoms. The number of nitrogens with zero attached hydrogens (tertiary/aromatic N) is 5. The molecule has 0 unspecified atom stereocenters. The minimum Gasteiger partial charge on any atom is -0.341 e. The van der Waals surface area contributed by atoms with Crippen LogP contribution in [-0.4, -0.2) is 29.5 Å². The number of fused-ring (bicyclic) bond motifs is 2. The molecule has 3 aromatic carbocycles. The molecule has 0 fully saturated rings. The second-order valence-corrected chi connectivity index (χ2v) is 7.78. The fraction of sp³-hybridized carbons (Fsp3) is 0.0800. The van der Waals surface area contributed by atoms with Gasteiger partial charge in [-0.15, -0.1) is 5.10 Å². The third-order valence-corrected chi connectivity index (χ3v) is 5.57. The fourth-order valence-corrected chi connectivity index (χ4v) is 4.09. The molecule has 0 aliphatic heterocycles. The van der Waals surface area contributed by atoms with Gasteiger partial charge >= 0.3 is 0 Å². The predicted molar refractivity (Wildman–Crippen MR) is 122 cm³/mol. The Balaban J connectivity index is 1.40. The van der Waals surface area contributed by atoms with Crippen molar-refractivity contribution in [3.63, 3.8) is 0 Å². The van der Waals surface area contributed by atoms with Crippen LogP contribution in [-0.2, 0) is 6.54 Å². The highest BCUT2D eigenvalue weighted by Crippen LogP contribution is 2.30. The number of hydrogen-bond donors (Lipinski definition) is 1. The number of nitrogens with one attached hydrogen (secondary N) is 1. The van der Waals surface area contributed by atoms with Gasteiger partial charge in [0.1, 0.15) is 11.5 Å². The molecule has 0 saturated heterocycles. The highest BCUT2D eigenvalue weighted by molar-refractivity contribution is 5.96. The second kappa shape index (κ2) is 6.95. The maximum Gasteiger partial charge on any atom is 0.140 e. The first-order chi connectivity index (χ1) is 15.2. The standard InChI is InChI=1S/C25H20N6/c1-17-7-6-8-19(13-17)31-15-18(28-29-31)14-30-16-21(20-9-2-5-12-24(20)30)25-26-22-10-3-4-11-23(22)27-25/h2-13,15-16H,14H2,1H3,(H,26,27). The van der Waals surface area contributed by atoms with Gasteiger partial charge in [0.15, 0.2) is 0 Å². The summed E-state index contributed by atoms with van der Waals surface area (Å²) >= 11 is 0. The number of aromatic nitrogens is 6. The summed E-state index contributed by atoms with van der Waals surface area (Å²) in [6.45, 7) is 2.71. The molecule has 0 atom stereocenters. The fourth-order valence-electron chi connectivity index (χ4n) is 4.09. The maximum absolute atomic E-state index is 4.80. The molecule has 0 saturated carbocycles. The molecular weight excluding hydrogens is 384 g/mol. The van der Waals surface area contributed by atoms with Crippen LogP contribution in [0.5, 0.6) is 0 Å². The van der Waals surface area contributed by atoms with Crippen molar-refractivity contribution in [2.24, 2.45) is 0 Å². The first kappa shape index (κ1) is 17.7. The number of rotatable bonds is 4. The van der Waals surface area contributed by atoms with E-state index < -0.39 is 0 Å². The molecule has 0 amide bonds. The van der Waals surface area contributed by atoms with Crippen LogP contribution >= 0.6 is 0 Å². The van der Waals surface area contributed by atoms with Gasteiger partial charge in [-0.3, -0.25) is 0 Å². The smallest absolute Gasteiger partial charge is 0.140 e. The summed E-state index contributed by atoms with van der Waals surface area (Å²) < 4.78 is 4.04. The largest absolute Gasteiger partial charge is 0.341 e. The van der Waals surface area contributed by atoms with Crippen LogP contribution < -0.4 is 0 Å². The van der Waals surface area contributed by atoms with Crippen molar-refractivity contribution in [3.8, 4) is 17.1 Å². The van der Waals surface area contributed by atoms with Crippen molar-refractivity contribution >= 4 is 21.9 Å². The quantitative estimate of drug-likeness (QED) is 0.443. The zero-order valence-corrected chi connectivity index (χ0v) is 17.0. The topological polar surface area (TPSA) is 64.3 Å². The zero-order chi connectivity index (χ0) is 20.8. The number of aromatic amines is 1. The Labute approximate surface area is 178 Å². The van der Waals surface area contributed by atoms with E-state index in [4.69, 9.17) is 4.98 Å². The Morgan fingerprint density at radius 3 is 2.68 bits per heavy atom. The van der Waals surface area contributed by atoms with Crippen LogP contribution in [0.3, 0.4) is 0 Å². The molecule has 3 heterocycles. The number of aryl methyl sites for hydroxylation is 1. The SMILES string of the molecule is Cc1cccc(-n2cc(Cn3cc(-c4nc5ccccc5[nH]4)c4ccccc43)nn2)c1. The van der Waals surface area contributed by atoms with E-state index in [-0.39, 0.29) is 0 Å². The number of hydrogen-bond acceptors (Lipinski definition) is 3. The van der Waals surface area contributed by atoms with E-state index >= 15 is 0 Å². The van der Waals surface area contributed by atoms with Crippen LogP contribution in [0.1, 0.15) is 11.3 Å². The molecule has 1 N–H and O–H groups in total. The Bertz CT molecular complexity index is 1500. The van der Waals surface area contributed by atoms with E-state index in [0.717, 1.165) is 44.7 Å². The summed E-state index contributed by atoms with van der Waals surface area (Å²) in [6.07, 6.45) is 4.14. The summed E-state index contributed by atoms with van der Waals surface area (Å²) in [5, 5.41) is 9.90. The van der Waals surface area contributed by atoms with E-state index in [2.05, 4.69) is 75.4 Å². The van der Waals surface area contributed by atoms with E-state index in [0.29, 0.717) is 6.54 Å². The lowest BCUT2D eigenvalue weighted by atomic mass is 10.2. The normalized spacial score (nSPS) is 11.5. The highest BCUT2D eigenvalue weighted by Gasteiger charge is 2.14. The van der Waals surface area contributed by atoms with Gasteiger partial charge in [0, 0.05) is 22.7 Å². The highest BCUT2D eigenvalue weighted by atomic mass is 15.4. The van der Waals surface area contributed by atoms with Crippen molar-refractivity contribution in [2.45, 2.75) is 13.5 Å². The van der Waals surface area contributed by atoms with Gasteiger partial charge in [-0.25, -0.2) is 9.67 Å². The lowest BCUT2D eigenvalue weighted by Gasteiger charge is -2.02. The average Bonchev–Trinajstić information content (AvgIpc) is 3.51. The average molecular weight is 404 g/mol. The van der Waals surface area contributed by atoms with E-state index in [1.807, 2.05) is 41.2 Å². The third-order valence-electron chi connectivity index (χ3n) is 5.57. The van der Waals surface area contributed by atoms with Gasteiger partial charge in [0.25, 0.3) is 0 Å². The second-order valence-electron chi connectivity index (χ2n) is 7.78. The molecule has 0 radical (unpaired) electrons. The van der Waals surface area contributed by atoms with Gasteiger partial charge < -0.3 is 9.55 Å². The molecule has 31 heavy (non-hydrogen) atoms. The Morgan fingerprint density at radius 1 is 0.903 bits per heavy atom. The molecule has 0 spiro atoms. The van der Waals surface area contributed by atoms with Crippen LogP contribution in [0.25, 0.3) is 39.0 Å². The van der Waals surface area contributed by atoms with Crippen molar-refractivity contribution in [3.05, 3.63) is 96.4 Å². The Hall–Kier alpha value is -4.19. The zero-order valence-electron chi connectivity index (χ0n) is 17.0. The number of H-pyrrole nitrogens is 1. The van der Waals surface area contributed by atoms with Gasteiger partial charge in [-0.1, -0.05) is 47.7 Å². The minimum atomic E-state index is 0.632. The van der Waals surface area contributed by atoms with Crippen LogP contribution in [0, 0.1) is 6.92 Å². The molecular formula is C25H20N6. The number of para-hydroxylation sites is 3. The monoisotopic (exact) mass is 404 g/mol. The van der Waals surface area contributed by atoms with Gasteiger partial charge in [-0.2, -0.15) is 0 Å². The van der Waals surface area contributed by atoms with Crippen molar-refractivity contribution in [1.82, 2.24) is 29.5 Å². The maximum atomic E-state index is 4.80. The van der Waals surface area contributed by atoms with Crippen molar-refractivity contribution < 1.29 is 0 Å². The summed E-state index contributed by atoms with van der Waals surface area (Å²) in [5.41, 5.74) is 7.34. The van der Waals surface area contributed by atoms with E-state index in [9.17, 15) is 0 Å². The van der Waals surface area contributed by atoms with E-state index in [1.54, 1.807) is 0 Å². The minimum absolute atomic E-state index is 0.632. The third kappa shape index (κ3) is 3.09. The summed E-state index contributed by atoms with van der Waals surface area (Å²) in [4.78, 5) is 8.26. The van der Waals surface area contributed by atoms with Crippen LogP contribution in [0.2, 0.25) is 0 Å². The number of imidazole rings is 1. The lowest BCUT2D eigenvalue weighted by molar-refractivity contribution is 0.774. The summed E-state index contributed by atoms with van der Waals surface area (Å²) in [7, 11) is 0. The Morgan fingerprint density at radius 2 is 1.77 bits per heavy atom. The van der Waals surface area contributed by atoms with E-state index in [1.165, 1.54) is 5.56 Å². The molecule has 6 rings (SSSR count). The molecule has 150 valence electrons. The first-order valence-corrected chi connectivity index (χ1v) is 10.3. The predicted octanol–water partition coefficient (Wildman–Crippen LogP) is 5.12. The summed E-state index contributed by atoms with van der Waals surface area (Å²) in [5.74, 6) is 0.875. The van der Waals surface area contributed by atoms with Gasteiger partial charge in [-0.05, 0) is 42.8 Å². The van der Waals surface area contributed by atoms with Gasteiger partial charge in [0.2, 0.25) is 0 Å². The van der Waals surface area contributed by atoms with Crippen molar-refractivity contribution in [2.75, 3.05) is 0 Å². The van der Waals surface area contributed by atoms with Crippen LogP contribution in [0.4, 0.5) is 0 Å². The molecule has 3 aromatic heterocycles. The lowest BCUT2D eigenvalue weighted by Crippen LogP contribution is -1.98. The molecule has 6 aromatic rings. The molecule has 6 heteroatoms. The molecule has 0 aliphatic rings. The summed E-state index contributed by atoms with van der Waals surface area (Å²) in [6, 6.07) is 24.7.